The van der Waals surface area contributed by atoms with Gasteiger partial charge in [0.1, 0.15) is 0 Å². The van der Waals surface area contributed by atoms with Crippen LogP contribution in [0.15, 0.2) is 42.5 Å². The highest BCUT2D eigenvalue weighted by Gasteiger charge is 2.19. The third-order valence-corrected chi connectivity index (χ3v) is 3.35. The number of carboxylic acid groups (broad SMARTS) is 1. The summed E-state index contributed by atoms with van der Waals surface area (Å²) in [5.41, 5.74) is 0.980. The Bertz CT molecular complexity index is 721. The van der Waals surface area contributed by atoms with E-state index in [0.29, 0.717) is 5.75 Å². The first-order chi connectivity index (χ1) is 11.1. The van der Waals surface area contributed by atoms with E-state index in [2.05, 4.69) is 6.92 Å². The molecular formula is C18H18O5. The fourth-order valence-electron chi connectivity index (χ4n) is 2.24. The number of esters is 1. The summed E-state index contributed by atoms with van der Waals surface area (Å²) in [6.07, 6.45) is 1.89. The van der Waals surface area contributed by atoms with Crippen molar-refractivity contribution in [3.63, 3.8) is 0 Å². The van der Waals surface area contributed by atoms with Gasteiger partial charge in [0.25, 0.3) is 0 Å². The summed E-state index contributed by atoms with van der Waals surface area (Å²) in [5, 5.41) is 9.14. The number of carbonyl (C=O) groups is 2. The Balaban J connectivity index is 2.29. The molecule has 0 amide bonds. The van der Waals surface area contributed by atoms with Gasteiger partial charge in [0.15, 0.2) is 11.5 Å². The highest BCUT2D eigenvalue weighted by Crippen LogP contribution is 2.29. The van der Waals surface area contributed by atoms with E-state index >= 15 is 0 Å². The highest BCUT2D eigenvalue weighted by atomic mass is 16.6. The average molecular weight is 314 g/mol. The van der Waals surface area contributed by atoms with E-state index < -0.39 is 11.9 Å². The zero-order valence-electron chi connectivity index (χ0n) is 13.0. The van der Waals surface area contributed by atoms with E-state index in [9.17, 15) is 9.59 Å². The predicted octanol–water partition coefficient (Wildman–Crippen LogP) is 3.57. The van der Waals surface area contributed by atoms with Crippen molar-refractivity contribution < 1.29 is 24.2 Å². The first-order valence-electron chi connectivity index (χ1n) is 7.28. The van der Waals surface area contributed by atoms with Crippen LogP contribution >= 0.6 is 0 Å². The fourth-order valence-corrected chi connectivity index (χ4v) is 2.24. The van der Waals surface area contributed by atoms with Crippen LogP contribution in [0.1, 0.15) is 39.6 Å². The molecule has 5 heteroatoms. The maximum atomic E-state index is 12.3. The van der Waals surface area contributed by atoms with Crippen LogP contribution in [0.4, 0.5) is 0 Å². The summed E-state index contributed by atoms with van der Waals surface area (Å²) in [7, 11) is 1.49. The third kappa shape index (κ3) is 3.88. The van der Waals surface area contributed by atoms with E-state index in [1.165, 1.54) is 19.2 Å². The Morgan fingerprint density at radius 2 is 1.74 bits per heavy atom. The molecule has 0 unspecified atom stereocenters. The Morgan fingerprint density at radius 1 is 1.04 bits per heavy atom. The molecule has 0 radical (unpaired) electrons. The van der Waals surface area contributed by atoms with Crippen LogP contribution in [0.25, 0.3) is 0 Å². The smallest absolute Gasteiger partial charge is 0.344 e. The van der Waals surface area contributed by atoms with Crippen molar-refractivity contribution in [2.45, 2.75) is 19.8 Å². The topological polar surface area (TPSA) is 72.8 Å². The van der Waals surface area contributed by atoms with E-state index in [1.807, 2.05) is 12.1 Å². The van der Waals surface area contributed by atoms with Gasteiger partial charge in [0.2, 0.25) is 0 Å². The van der Waals surface area contributed by atoms with E-state index in [1.54, 1.807) is 18.2 Å². The summed E-state index contributed by atoms with van der Waals surface area (Å²) in [6, 6.07) is 11.3. The first-order valence-corrected chi connectivity index (χ1v) is 7.28. The lowest BCUT2D eigenvalue weighted by Crippen LogP contribution is -2.14. The molecule has 0 spiro atoms. The van der Waals surface area contributed by atoms with Crippen LogP contribution in [0.2, 0.25) is 0 Å². The highest BCUT2D eigenvalue weighted by molar-refractivity contribution is 6.03. The molecule has 0 heterocycles. The number of aromatic carboxylic acids is 1. The SMILES string of the molecule is CCCc1ccc(OC(=O)c2ccccc2C(=O)O)c(OC)c1. The Hall–Kier alpha value is -2.82. The molecule has 2 aromatic rings. The van der Waals surface area contributed by atoms with Gasteiger partial charge in [0.05, 0.1) is 18.2 Å². The number of hydrogen-bond acceptors (Lipinski definition) is 4. The van der Waals surface area contributed by atoms with Crippen molar-refractivity contribution in [1.29, 1.82) is 0 Å². The lowest BCUT2D eigenvalue weighted by molar-refractivity contribution is 0.0666. The molecule has 0 aliphatic carbocycles. The molecule has 0 aliphatic heterocycles. The second-order valence-electron chi connectivity index (χ2n) is 4.98. The lowest BCUT2D eigenvalue weighted by Gasteiger charge is -2.11. The number of methoxy groups -OCH3 is 1. The van der Waals surface area contributed by atoms with E-state index in [-0.39, 0.29) is 16.9 Å². The molecule has 2 rings (SSSR count). The molecule has 0 atom stereocenters. The molecule has 0 aromatic heterocycles. The van der Waals surface area contributed by atoms with E-state index in [4.69, 9.17) is 14.6 Å². The first kappa shape index (κ1) is 16.5. The van der Waals surface area contributed by atoms with Crippen LogP contribution in [0, 0.1) is 0 Å². The number of rotatable bonds is 6. The molecule has 0 fully saturated rings. The molecule has 5 nitrogen and oxygen atoms in total. The normalized spacial score (nSPS) is 10.2. The van der Waals surface area contributed by atoms with Crippen molar-refractivity contribution in [1.82, 2.24) is 0 Å². The fraction of sp³-hybridized carbons (Fsp3) is 0.222. The molecule has 23 heavy (non-hydrogen) atoms. The lowest BCUT2D eigenvalue weighted by atomic mass is 10.1. The molecule has 0 aliphatic rings. The number of carboxylic acids is 1. The van der Waals surface area contributed by atoms with Gasteiger partial charge in [0, 0.05) is 0 Å². The van der Waals surface area contributed by atoms with Crippen molar-refractivity contribution in [2.75, 3.05) is 7.11 Å². The zero-order chi connectivity index (χ0) is 16.8. The van der Waals surface area contributed by atoms with Crippen molar-refractivity contribution in [2.24, 2.45) is 0 Å². The molecular weight excluding hydrogens is 296 g/mol. The van der Waals surface area contributed by atoms with Crippen LogP contribution in [0.5, 0.6) is 11.5 Å². The second-order valence-corrected chi connectivity index (χ2v) is 4.98. The molecule has 1 N–H and O–H groups in total. The monoisotopic (exact) mass is 314 g/mol. The number of aryl methyl sites for hydroxylation is 1. The molecule has 120 valence electrons. The summed E-state index contributed by atoms with van der Waals surface area (Å²) < 4.78 is 10.6. The van der Waals surface area contributed by atoms with Gasteiger partial charge >= 0.3 is 11.9 Å². The van der Waals surface area contributed by atoms with Gasteiger partial charge in [-0.2, -0.15) is 0 Å². The summed E-state index contributed by atoms with van der Waals surface area (Å²) in [5.74, 6) is -1.21. The summed E-state index contributed by atoms with van der Waals surface area (Å²) >= 11 is 0. The van der Waals surface area contributed by atoms with Crippen LogP contribution in [-0.4, -0.2) is 24.2 Å². The number of benzene rings is 2. The van der Waals surface area contributed by atoms with Gasteiger partial charge in [-0.15, -0.1) is 0 Å². The minimum absolute atomic E-state index is 0.000289. The molecule has 0 bridgehead atoms. The van der Waals surface area contributed by atoms with Gasteiger partial charge in [-0.05, 0) is 36.2 Å². The Morgan fingerprint density at radius 3 is 2.35 bits per heavy atom. The summed E-state index contributed by atoms with van der Waals surface area (Å²) in [4.78, 5) is 23.5. The van der Waals surface area contributed by atoms with Gasteiger partial charge in [-0.3, -0.25) is 0 Å². The van der Waals surface area contributed by atoms with Crippen LogP contribution in [0.3, 0.4) is 0 Å². The minimum Gasteiger partial charge on any atom is -0.493 e. The second kappa shape index (κ2) is 7.45. The van der Waals surface area contributed by atoms with Gasteiger partial charge < -0.3 is 14.6 Å². The van der Waals surface area contributed by atoms with Crippen molar-refractivity contribution in [3.8, 4) is 11.5 Å². The molecule has 0 saturated carbocycles. The number of ether oxygens (including phenoxy) is 2. The minimum atomic E-state index is -1.18. The Labute approximate surface area is 134 Å². The van der Waals surface area contributed by atoms with Crippen molar-refractivity contribution in [3.05, 3.63) is 59.2 Å². The molecule has 0 saturated heterocycles. The van der Waals surface area contributed by atoms with Crippen LogP contribution in [-0.2, 0) is 6.42 Å². The predicted molar refractivity (Wildman–Crippen MR) is 85.3 cm³/mol. The molecule has 2 aromatic carbocycles. The van der Waals surface area contributed by atoms with E-state index in [0.717, 1.165) is 18.4 Å². The van der Waals surface area contributed by atoms with Crippen molar-refractivity contribution >= 4 is 11.9 Å². The number of carbonyl (C=O) groups excluding carboxylic acids is 1. The maximum Gasteiger partial charge on any atom is 0.344 e. The van der Waals surface area contributed by atoms with Gasteiger partial charge in [-0.25, -0.2) is 9.59 Å². The maximum absolute atomic E-state index is 12.3. The van der Waals surface area contributed by atoms with Gasteiger partial charge in [-0.1, -0.05) is 31.5 Å². The summed E-state index contributed by atoms with van der Waals surface area (Å²) in [6.45, 7) is 2.07. The Kier molecular flexibility index (Phi) is 5.36. The largest absolute Gasteiger partial charge is 0.493 e. The quantitative estimate of drug-likeness (QED) is 0.652. The number of hydrogen-bond donors (Lipinski definition) is 1. The average Bonchev–Trinajstić information content (AvgIpc) is 2.56. The zero-order valence-corrected chi connectivity index (χ0v) is 13.0. The third-order valence-electron chi connectivity index (χ3n) is 3.35. The standard InChI is InChI=1S/C18H18O5/c1-3-6-12-9-10-15(16(11-12)22-2)23-18(21)14-8-5-4-7-13(14)17(19)20/h4-5,7-11H,3,6H2,1-2H3,(H,19,20). The van der Waals surface area contributed by atoms with Crippen LogP contribution < -0.4 is 9.47 Å².